The van der Waals surface area contributed by atoms with Gasteiger partial charge in [-0.1, -0.05) is 20.3 Å². The van der Waals surface area contributed by atoms with Crippen molar-refractivity contribution in [3.8, 4) is 0 Å². The van der Waals surface area contributed by atoms with Crippen LogP contribution in [0, 0.1) is 11.3 Å². The first kappa shape index (κ1) is 15.3. The highest BCUT2D eigenvalue weighted by atomic mass is 16.4. The average molecular weight is 281 g/mol. The second-order valence-corrected chi connectivity index (χ2v) is 6.97. The molecule has 2 aliphatic rings. The van der Waals surface area contributed by atoms with Gasteiger partial charge in [-0.2, -0.15) is 0 Å². The van der Waals surface area contributed by atoms with Crippen LogP contribution in [0.4, 0.5) is 0 Å². The molecule has 1 aliphatic carbocycles. The van der Waals surface area contributed by atoms with Crippen molar-refractivity contribution in [3.63, 3.8) is 0 Å². The number of carboxylic acids is 1. The molecule has 0 spiro atoms. The lowest BCUT2D eigenvalue weighted by atomic mass is 9.66. The van der Waals surface area contributed by atoms with Crippen LogP contribution < -0.4 is 0 Å². The molecule has 0 radical (unpaired) electrons. The number of hydrogen-bond donors (Lipinski definition) is 1. The normalized spacial score (nSPS) is 24.8. The van der Waals surface area contributed by atoms with Crippen molar-refractivity contribution < 1.29 is 14.7 Å². The largest absolute Gasteiger partial charge is 0.481 e. The fraction of sp³-hybridized carbons (Fsp3) is 0.875. The van der Waals surface area contributed by atoms with Crippen LogP contribution in [0.15, 0.2) is 0 Å². The standard InChI is InChI=1S/C16H27NO3/c1-12(2)6-7-13-5-3-10-17(13)14(18)11-16(15(19)20)8-4-9-16/h12-13H,3-11H2,1-2H3,(H,19,20). The minimum absolute atomic E-state index is 0.0679. The molecule has 0 aromatic carbocycles. The van der Waals surface area contributed by atoms with E-state index in [1.807, 2.05) is 4.90 Å². The molecule has 0 bridgehead atoms. The molecule has 1 amide bonds. The molecular weight excluding hydrogens is 254 g/mol. The van der Waals surface area contributed by atoms with E-state index in [0.29, 0.717) is 24.8 Å². The van der Waals surface area contributed by atoms with Crippen molar-refractivity contribution in [2.75, 3.05) is 6.54 Å². The Kier molecular flexibility index (Phi) is 4.71. The predicted octanol–water partition coefficient (Wildman–Crippen LogP) is 3.06. The van der Waals surface area contributed by atoms with E-state index < -0.39 is 11.4 Å². The summed E-state index contributed by atoms with van der Waals surface area (Å²) in [5, 5.41) is 9.35. The zero-order chi connectivity index (χ0) is 14.8. The van der Waals surface area contributed by atoms with Crippen molar-refractivity contribution in [2.45, 2.75) is 71.3 Å². The second-order valence-electron chi connectivity index (χ2n) is 6.97. The van der Waals surface area contributed by atoms with E-state index >= 15 is 0 Å². The molecular formula is C16H27NO3. The molecule has 0 aromatic rings. The van der Waals surface area contributed by atoms with Crippen LogP contribution in [0.3, 0.4) is 0 Å². The van der Waals surface area contributed by atoms with Crippen molar-refractivity contribution in [1.29, 1.82) is 0 Å². The number of carbonyl (C=O) groups excluding carboxylic acids is 1. The van der Waals surface area contributed by atoms with E-state index in [1.165, 1.54) is 0 Å². The van der Waals surface area contributed by atoms with Crippen LogP contribution in [0.25, 0.3) is 0 Å². The quantitative estimate of drug-likeness (QED) is 0.814. The van der Waals surface area contributed by atoms with E-state index in [9.17, 15) is 14.7 Å². The molecule has 0 aromatic heterocycles. The van der Waals surface area contributed by atoms with E-state index in [4.69, 9.17) is 0 Å². The number of carboxylic acid groups (broad SMARTS) is 1. The number of hydrogen-bond acceptors (Lipinski definition) is 2. The summed E-state index contributed by atoms with van der Waals surface area (Å²) < 4.78 is 0. The Morgan fingerprint density at radius 3 is 2.50 bits per heavy atom. The summed E-state index contributed by atoms with van der Waals surface area (Å²) in [6, 6.07) is 0.343. The minimum atomic E-state index is -0.782. The maximum Gasteiger partial charge on any atom is 0.310 e. The Balaban J connectivity index is 1.92. The smallest absolute Gasteiger partial charge is 0.310 e. The SMILES string of the molecule is CC(C)CCC1CCCN1C(=O)CC1(C(=O)O)CCC1. The van der Waals surface area contributed by atoms with Crippen molar-refractivity contribution >= 4 is 11.9 Å². The Morgan fingerprint density at radius 2 is 2.00 bits per heavy atom. The fourth-order valence-electron chi connectivity index (χ4n) is 3.45. The van der Waals surface area contributed by atoms with Gasteiger partial charge in [0, 0.05) is 19.0 Å². The Morgan fingerprint density at radius 1 is 1.30 bits per heavy atom. The van der Waals surface area contributed by atoms with Gasteiger partial charge in [0.2, 0.25) is 5.91 Å². The average Bonchev–Trinajstić information content (AvgIpc) is 2.78. The first-order valence-corrected chi connectivity index (χ1v) is 7.97. The molecule has 1 heterocycles. The summed E-state index contributed by atoms with van der Waals surface area (Å²) in [5.74, 6) is -0.0575. The number of amides is 1. The Bertz CT molecular complexity index is 374. The summed E-state index contributed by atoms with van der Waals surface area (Å²) in [4.78, 5) is 25.8. The fourth-order valence-corrected chi connectivity index (χ4v) is 3.45. The zero-order valence-corrected chi connectivity index (χ0v) is 12.7. The van der Waals surface area contributed by atoms with Gasteiger partial charge in [-0.3, -0.25) is 9.59 Å². The highest BCUT2D eigenvalue weighted by molar-refractivity contribution is 5.86. The molecule has 1 aliphatic heterocycles. The van der Waals surface area contributed by atoms with E-state index in [2.05, 4.69) is 13.8 Å². The van der Waals surface area contributed by atoms with Crippen LogP contribution in [0.1, 0.15) is 65.2 Å². The van der Waals surface area contributed by atoms with Gasteiger partial charge >= 0.3 is 5.97 Å². The Hall–Kier alpha value is -1.06. The molecule has 1 N–H and O–H groups in total. The predicted molar refractivity (Wildman–Crippen MR) is 77.3 cm³/mol. The van der Waals surface area contributed by atoms with Gasteiger partial charge in [0.1, 0.15) is 0 Å². The van der Waals surface area contributed by atoms with Crippen molar-refractivity contribution in [2.24, 2.45) is 11.3 Å². The minimum Gasteiger partial charge on any atom is -0.481 e. The molecule has 4 heteroatoms. The third-order valence-corrected chi connectivity index (χ3v) is 5.03. The maximum absolute atomic E-state index is 12.5. The summed E-state index contributed by atoms with van der Waals surface area (Å²) in [6.07, 6.45) is 6.82. The molecule has 1 unspecified atom stereocenters. The summed E-state index contributed by atoms with van der Waals surface area (Å²) >= 11 is 0. The third kappa shape index (κ3) is 3.15. The zero-order valence-electron chi connectivity index (χ0n) is 12.7. The van der Waals surface area contributed by atoms with Gasteiger partial charge in [-0.15, -0.1) is 0 Å². The monoisotopic (exact) mass is 281 g/mol. The highest BCUT2D eigenvalue weighted by Crippen LogP contribution is 2.45. The van der Waals surface area contributed by atoms with Crippen LogP contribution >= 0.6 is 0 Å². The van der Waals surface area contributed by atoms with Gasteiger partial charge in [-0.25, -0.2) is 0 Å². The first-order chi connectivity index (χ1) is 9.44. The molecule has 20 heavy (non-hydrogen) atoms. The number of aliphatic carboxylic acids is 1. The van der Waals surface area contributed by atoms with E-state index in [0.717, 1.165) is 38.6 Å². The summed E-state index contributed by atoms with van der Waals surface area (Å²) in [6.45, 7) is 5.22. The molecule has 4 nitrogen and oxygen atoms in total. The molecule has 1 saturated carbocycles. The van der Waals surface area contributed by atoms with Crippen LogP contribution in [-0.4, -0.2) is 34.5 Å². The van der Waals surface area contributed by atoms with Crippen LogP contribution in [0.2, 0.25) is 0 Å². The molecule has 2 rings (SSSR count). The topological polar surface area (TPSA) is 57.6 Å². The van der Waals surface area contributed by atoms with Crippen LogP contribution in [0.5, 0.6) is 0 Å². The van der Waals surface area contributed by atoms with Gasteiger partial charge in [0.05, 0.1) is 5.41 Å². The van der Waals surface area contributed by atoms with Gasteiger partial charge < -0.3 is 10.0 Å². The lowest BCUT2D eigenvalue weighted by molar-refractivity contribution is -0.159. The molecule has 1 atom stereocenters. The van der Waals surface area contributed by atoms with Gasteiger partial charge in [0.25, 0.3) is 0 Å². The van der Waals surface area contributed by atoms with Crippen molar-refractivity contribution in [3.05, 3.63) is 0 Å². The van der Waals surface area contributed by atoms with E-state index in [-0.39, 0.29) is 12.3 Å². The number of nitrogens with zero attached hydrogens (tertiary/aromatic N) is 1. The van der Waals surface area contributed by atoms with Crippen LogP contribution in [-0.2, 0) is 9.59 Å². The lowest BCUT2D eigenvalue weighted by Gasteiger charge is -2.38. The van der Waals surface area contributed by atoms with Gasteiger partial charge in [0.15, 0.2) is 0 Å². The second kappa shape index (κ2) is 6.15. The summed E-state index contributed by atoms with van der Waals surface area (Å²) in [7, 11) is 0. The molecule has 2 fully saturated rings. The summed E-state index contributed by atoms with van der Waals surface area (Å²) in [5.41, 5.74) is -0.748. The van der Waals surface area contributed by atoms with E-state index in [1.54, 1.807) is 0 Å². The number of rotatable bonds is 6. The number of likely N-dealkylation sites (tertiary alicyclic amines) is 1. The third-order valence-electron chi connectivity index (χ3n) is 5.03. The number of carbonyl (C=O) groups is 2. The highest BCUT2D eigenvalue weighted by Gasteiger charge is 2.47. The van der Waals surface area contributed by atoms with Gasteiger partial charge in [-0.05, 0) is 44.4 Å². The molecule has 1 saturated heterocycles. The molecule has 114 valence electrons. The Labute approximate surface area is 121 Å². The first-order valence-electron chi connectivity index (χ1n) is 7.97. The van der Waals surface area contributed by atoms with Crippen molar-refractivity contribution in [1.82, 2.24) is 4.90 Å². The maximum atomic E-state index is 12.5. The lowest BCUT2D eigenvalue weighted by Crippen LogP contribution is -2.45.